The lowest BCUT2D eigenvalue weighted by atomic mass is 9.88. The molecule has 3 N–H and O–H groups in total. The maximum atomic E-state index is 11.2. The van der Waals surface area contributed by atoms with E-state index in [1.807, 2.05) is 0 Å². The molecule has 0 aromatic carbocycles. The summed E-state index contributed by atoms with van der Waals surface area (Å²) < 4.78 is 0. The van der Waals surface area contributed by atoms with E-state index in [-0.39, 0.29) is 25.6 Å². The highest BCUT2D eigenvalue weighted by Gasteiger charge is 2.27. The second-order valence-electron chi connectivity index (χ2n) is 4.09. The van der Waals surface area contributed by atoms with Crippen LogP contribution in [-0.4, -0.2) is 54.4 Å². The average Bonchev–Trinajstić information content (AvgIpc) is 2.13. The molecule has 6 nitrogen and oxygen atoms in total. The molecule has 0 rings (SSSR count). The quantitative estimate of drug-likeness (QED) is 0.592. The number of carboxylic acids is 1. The number of carbonyl (C=O) groups is 2. The Morgan fingerprint density at radius 3 is 2.27 bits per heavy atom. The van der Waals surface area contributed by atoms with Crippen LogP contribution in [0.4, 0.5) is 4.79 Å². The van der Waals surface area contributed by atoms with Crippen LogP contribution >= 0.6 is 0 Å². The number of carboxylic acid groups (broad SMARTS) is 1. The summed E-state index contributed by atoms with van der Waals surface area (Å²) in [4.78, 5) is 23.0. The average molecular weight is 218 g/mol. The highest BCUT2D eigenvalue weighted by molar-refractivity contribution is 5.73. The number of hydrogen-bond donors (Lipinski definition) is 3. The number of rotatable bonds is 5. The zero-order chi connectivity index (χ0) is 12.1. The van der Waals surface area contributed by atoms with Crippen molar-refractivity contribution in [2.45, 2.75) is 13.3 Å². The molecule has 1 unspecified atom stereocenters. The predicted molar refractivity (Wildman–Crippen MR) is 54.5 cm³/mol. The number of carbonyl (C=O) groups excluding carboxylic acids is 1. The lowest BCUT2D eigenvalue weighted by Crippen LogP contribution is -2.43. The van der Waals surface area contributed by atoms with Crippen molar-refractivity contribution in [3.8, 4) is 0 Å². The van der Waals surface area contributed by atoms with Crippen molar-refractivity contribution in [2.75, 3.05) is 27.2 Å². The Hall–Kier alpha value is -1.30. The minimum atomic E-state index is -0.995. The SMILES string of the molecule is CN(C)C(=O)NCC(C)(CO)CC(=O)O. The summed E-state index contributed by atoms with van der Waals surface area (Å²) in [6.07, 6.45) is -0.183. The molecule has 0 aliphatic heterocycles. The molecule has 15 heavy (non-hydrogen) atoms. The van der Waals surface area contributed by atoms with Crippen molar-refractivity contribution < 1.29 is 19.8 Å². The normalized spacial score (nSPS) is 14.1. The Bertz CT molecular complexity index is 242. The van der Waals surface area contributed by atoms with Crippen LogP contribution in [0.15, 0.2) is 0 Å². The molecule has 6 heteroatoms. The number of hydrogen-bond acceptors (Lipinski definition) is 3. The van der Waals surface area contributed by atoms with Crippen molar-refractivity contribution in [3.05, 3.63) is 0 Å². The molecule has 0 fully saturated rings. The molecular formula is C9H18N2O4. The minimum absolute atomic E-state index is 0.132. The molecule has 0 heterocycles. The molecule has 0 radical (unpaired) electrons. The molecule has 0 spiro atoms. The van der Waals surface area contributed by atoms with Crippen molar-refractivity contribution in [1.29, 1.82) is 0 Å². The third kappa shape index (κ3) is 5.21. The van der Waals surface area contributed by atoms with Gasteiger partial charge in [-0.3, -0.25) is 4.79 Å². The van der Waals surface area contributed by atoms with Gasteiger partial charge in [0.2, 0.25) is 0 Å². The number of aliphatic carboxylic acids is 1. The Morgan fingerprint density at radius 2 is 1.93 bits per heavy atom. The molecule has 0 aromatic rings. The van der Waals surface area contributed by atoms with E-state index in [0.29, 0.717) is 0 Å². The number of amides is 2. The van der Waals surface area contributed by atoms with Gasteiger partial charge in [-0.05, 0) is 0 Å². The first-order chi connectivity index (χ1) is 6.80. The van der Waals surface area contributed by atoms with Gasteiger partial charge in [-0.15, -0.1) is 0 Å². The Kier molecular flexibility index (Phi) is 5.07. The lowest BCUT2D eigenvalue weighted by molar-refractivity contribution is -0.140. The molecule has 0 aliphatic carbocycles. The molecule has 0 bridgehead atoms. The summed E-state index contributed by atoms with van der Waals surface area (Å²) in [6, 6.07) is -0.305. The fraction of sp³-hybridized carbons (Fsp3) is 0.778. The summed E-state index contributed by atoms with van der Waals surface area (Å²) in [5.74, 6) is -0.995. The van der Waals surface area contributed by atoms with E-state index in [9.17, 15) is 9.59 Å². The van der Waals surface area contributed by atoms with Crippen LogP contribution in [-0.2, 0) is 4.79 Å². The topological polar surface area (TPSA) is 89.9 Å². The standard InChI is InChI=1S/C9H18N2O4/c1-9(6-12,4-7(13)14)5-10-8(15)11(2)3/h12H,4-6H2,1-3H3,(H,10,15)(H,13,14). The fourth-order valence-electron chi connectivity index (χ4n) is 0.987. The number of aliphatic hydroxyl groups excluding tert-OH is 1. The number of nitrogens with zero attached hydrogens (tertiary/aromatic N) is 1. The van der Waals surface area contributed by atoms with Gasteiger partial charge in [-0.25, -0.2) is 4.79 Å². The first kappa shape index (κ1) is 13.7. The summed E-state index contributed by atoms with van der Waals surface area (Å²) in [5.41, 5.74) is -0.822. The van der Waals surface area contributed by atoms with Gasteiger partial charge in [0.15, 0.2) is 0 Å². The third-order valence-electron chi connectivity index (χ3n) is 2.03. The lowest BCUT2D eigenvalue weighted by Gasteiger charge is -2.26. The minimum Gasteiger partial charge on any atom is -0.481 e. The van der Waals surface area contributed by atoms with E-state index in [0.717, 1.165) is 0 Å². The van der Waals surface area contributed by atoms with Crippen LogP contribution in [0.2, 0.25) is 0 Å². The summed E-state index contributed by atoms with van der Waals surface area (Å²) in [7, 11) is 3.17. The number of aliphatic hydroxyl groups is 1. The van der Waals surface area contributed by atoms with Crippen LogP contribution in [0.3, 0.4) is 0 Å². The van der Waals surface area contributed by atoms with Crippen molar-refractivity contribution in [2.24, 2.45) is 5.41 Å². The van der Waals surface area contributed by atoms with Gasteiger partial charge in [-0.2, -0.15) is 0 Å². The largest absolute Gasteiger partial charge is 0.481 e. The molecule has 88 valence electrons. The second kappa shape index (κ2) is 5.55. The molecule has 0 saturated heterocycles. The van der Waals surface area contributed by atoms with Crippen LogP contribution in [0.5, 0.6) is 0 Å². The van der Waals surface area contributed by atoms with E-state index >= 15 is 0 Å². The Morgan fingerprint density at radius 1 is 1.40 bits per heavy atom. The highest BCUT2D eigenvalue weighted by Crippen LogP contribution is 2.19. The monoisotopic (exact) mass is 218 g/mol. The molecule has 0 saturated carbocycles. The highest BCUT2D eigenvalue weighted by atomic mass is 16.4. The summed E-state index contributed by atoms with van der Waals surface area (Å²) >= 11 is 0. The van der Waals surface area contributed by atoms with E-state index < -0.39 is 11.4 Å². The maximum absolute atomic E-state index is 11.2. The first-order valence-corrected chi connectivity index (χ1v) is 4.58. The zero-order valence-corrected chi connectivity index (χ0v) is 9.28. The van der Waals surface area contributed by atoms with Crippen molar-refractivity contribution >= 4 is 12.0 Å². The predicted octanol–water partition coefficient (Wildman–Crippen LogP) is -0.269. The smallest absolute Gasteiger partial charge is 0.316 e. The van der Waals surface area contributed by atoms with Gasteiger partial charge in [0, 0.05) is 26.1 Å². The molecule has 0 aromatic heterocycles. The summed E-state index contributed by atoms with van der Waals surface area (Å²) in [5, 5.41) is 20.2. The Balaban J connectivity index is 4.20. The molecule has 2 amide bonds. The van der Waals surface area contributed by atoms with Crippen molar-refractivity contribution in [3.63, 3.8) is 0 Å². The van der Waals surface area contributed by atoms with E-state index in [1.54, 1.807) is 21.0 Å². The first-order valence-electron chi connectivity index (χ1n) is 4.58. The molecular weight excluding hydrogens is 200 g/mol. The van der Waals surface area contributed by atoms with Gasteiger partial charge < -0.3 is 20.4 Å². The van der Waals surface area contributed by atoms with E-state index in [2.05, 4.69) is 5.32 Å². The molecule has 0 aliphatic rings. The fourth-order valence-corrected chi connectivity index (χ4v) is 0.987. The summed E-state index contributed by atoms with van der Waals surface area (Å²) in [6.45, 7) is 1.46. The van der Waals surface area contributed by atoms with E-state index in [1.165, 1.54) is 4.90 Å². The third-order valence-corrected chi connectivity index (χ3v) is 2.03. The van der Waals surface area contributed by atoms with Crippen LogP contribution < -0.4 is 5.32 Å². The second-order valence-corrected chi connectivity index (χ2v) is 4.09. The zero-order valence-electron chi connectivity index (χ0n) is 9.28. The van der Waals surface area contributed by atoms with Crippen LogP contribution in [0, 0.1) is 5.41 Å². The maximum Gasteiger partial charge on any atom is 0.316 e. The van der Waals surface area contributed by atoms with Crippen LogP contribution in [0.25, 0.3) is 0 Å². The Labute approximate surface area is 88.9 Å². The molecule has 1 atom stereocenters. The van der Waals surface area contributed by atoms with Crippen molar-refractivity contribution in [1.82, 2.24) is 10.2 Å². The van der Waals surface area contributed by atoms with Gasteiger partial charge in [0.25, 0.3) is 0 Å². The number of nitrogens with one attached hydrogen (secondary N) is 1. The number of urea groups is 1. The van der Waals surface area contributed by atoms with Gasteiger partial charge in [-0.1, -0.05) is 6.92 Å². The van der Waals surface area contributed by atoms with Gasteiger partial charge in [0.05, 0.1) is 13.0 Å². The van der Waals surface area contributed by atoms with Crippen LogP contribution in [0.1, 0.15) is 13.3 Å². The van der Waals surface area contributed by atoms with Gasteiger partial charge in [0.1, 0.15) is 0 Å². The van der Waals surface area contributed by atoms with E-state index in [4.69, 9.17) is 10.2 Å². The van der Waals surface area contributed by atoms with Gasteiger partial charge >= 0.3 is 12.0 Å².